The van der Waals surface area contributed by atoms with Crippen LogP contribution in [0.15, 0.2) is 39.7 Å². The van der Waals surface area contributed by atoms with Crippen molar-refractivity contribution in [2.45, 2.75) is 13.8 Å². The Hall–Kier alpha value is -3.29. The number of likely N-dealkylation sites (N-methyl/N-ethyl adjacent to an activating group) is 1. The lowest BCUT2D eigenvalue weighted by molar-refractivity contribution is -0.286. The van der Waals surface area contributed by atoms with E-state index in [2.05, 4.69) is 9.98 Å². The quantitative estimate of drug-likeness (QED) is 0.594. The van der Waals surface area contributed by atoms with Gasteiger partial charge in [-0.05, 0) is 26.0 Å². The average molecular weight is 341 g/mol. The Morgan fingerprint density at radius 3 is 2.40 bits per heavy atom. The van der Waals surface area contributed by atoms with E-state index >= 15 is 0 Å². The summed E-state index contributed by atoms with van der Waals surface area (Å²) < 4.78 is 0.936. The zero-order chi connectivity index (χ0) is 18.7. The Bertz CT molecular complexity index is 919. The highest BCUT2D eigenvalue weighted by Crippen LogP contribution is 2.12. The number of aryl methyl sites for hydroxylation is 1. The lowest BCUT2D eigenvalue weighted by Crippen LogP contribution is -2.38. The first kappa shape index (κ1) is 18.1. The van der Waals surface area contributed by atoms with E-state index < -0.39 is 23.5 Å². The van der Waals surface area contributed by atoms with Gasteiger partial charge in [-0.25, -0.2) is 4.79 Å². The van der Waals surface area contributed by atoms with Crippen LogP contribution in [-0.4, -0.2) is 39.1 Å². The average Bonchev–Trinajstić information content (AvgIpc) is 2.55. The summed E-state index contributed by atoms with van der Waals surface area (Å²) >= 11 is 0. The van der Waals surface area contributed by atoms with Crippen molar-refractivity contribution in [3.05, 3.63) is 51.5 Å². The number of aliphatic imine (C=N–C) groups is 1. The van der Waals surface area contributed by atoms with E-state index in [-0.39, 0.29) is 0 Å². The van der Waals surface area contributed by atoms with Crippen LogP contribution in [0.1, 0.15) is 18.2 Å². The number of amides is 3. The van der Waals surface area contributed by atoms with Crippen molar-refractivity contribution in [3.63, 3.8) is 0 Å². The molecule has 8 heteroatoms. The summed E-state index contributed by atoms with van der Waals surface area (Å²) in [4.78, 5) is 43.9. The van der Waals surface area contributed by atoms with Crippen molar-refractivity contribution in [2.75, 3.05) is 7.05 Å². The van der Waals surface area contributed by atoms with Crippen molar-refractivity contribution >= 4 is 23.7 Å². The molecule has 0 bridgehead atoms. The Balaban J connectivity index is 2.23. The molecule has 25 heavy (non-hydrogen) atoms. The minimum atomic E-state index is -0.593. The van der Waals surface area contributed by atoms with Gasteiger partial charge in [0.2, 0.25) is 0 Å². The summed E-state index contributed by atoms with van der Waals surface area (Å²) in [5.41, 5.74) is 0.905. The third-order valence-electron chi connectivity index (χ3n) is 3.70. The molecule has 0 N–H and O–H groups in total. The molecule has 3 amide bonds. The monoisotopic (exact) mass is 341 g/mol. The molecule has 0 spiro atoms. The normalized spacial score (nSPS) is 17.2. The summed E-state index contributed by atoms with van der Waals surface area (Å²) in [5.74, 6) is -0.425. The number of hydrogen-bond acceptors (Lipinski definition) is 5. The minimum Gasteiger partial charge on any atom is -0.846 e. The minimum absolute atomic E-state index is 0.316. The fourth-order valence-corrected chi connectivity index (χ4v) is 2.15. The third-order valence-corrected chi connectivity index (χ3v) is 3.70. The number of nitrogens with zero attached hydrogens (tertiary/aromatic N) is 4. The van der Waals surface area contributed by atoms with Gasteiger partial charge in [0.1, 0.15) is 0 Å². The Kier molecular flexibility index (Phi) is 5.11. The maximum absolute atomic E-state index is 12.0. The van der Waals surface area contributed by atoms with Crippen LogP contribution >= 0.6 is 0 Å². The SMILES string of the molecule is CC1=NC(=O)N(C)C(=O)C1=CC=CC=Cc1c(C)nc([O-])n(C)c1=O. The smallest absolute Gasteiger partial charge is 0.350 e. The van der Waals surface area contributed by atoms with Crippen LogP contribution < -0.4 is 10.7 Å². The molecular formula is C17H17N4O4-. The van der Waals surface area contributed by atoms with E-state index in [4.69, 9.17) is 0 Å². The van der Waals surface area contributed by atoms with E-state index in [1.165, 1.54) is 14.1 Å². The third kappa shape index (κ3) is 3.63. The maximum atomic E-state index is 12.0. The molecule has 130 valence electrons. The second kappa shape index (κ2) is 7.08. The van der Waals surface area contributed by atoms with E-state index in [0.717, 1.165) is 9.47 Å². The largest absolute Gasteiger partial charge is 0.846 e. The number of imide groups is 1. The van der Waals surface area contributed by atoms with Gasteiger partial charge in [-0.15, -0.1) is 0 Å². The Morgan fingerprint density at radius 1 is 1.04 bits per heavy atom. The number of aromatic nitrogens is 2. The highest BCUT2D eigenvalue weighted by Gasteiger charge is 2.26. The molecule has 8 nitrogen and oxygen atoms in total. The number of rotatable bonds is 3. The topological polar surface area (TPSA) is 108 Å². The number of urea groups is 1. The summed E-state index contributed by atoms with van der Waals surface area (Å²) in [7, 11) is 2.73. The van der Waals surface area contributed by atoms with Crippen molar-refractivity contribution < 1.29 is 14.7 Å². The first-order chi connectivity index (χ1) is 11.7. The number of carbonyl (C=O) groups excluding carboxylic acids is 2. The van der Waals surface area contributed by atoms with Crippen molar-refractivity contribution in [2.24, 2.45) is 12.0 Å². The first-order valence-electron chi connectivity index (χ1n) is 7.41. The van der Waals surface area contributed by atoms with Gasteiger partial charge < -0.3 is 9.67 Å². The van der Waals surface area contributed by atoms with Crippen molar-refractivity contribution in [3.8, 4) is 6.01 Å². The molecule has 0 radical (unpaired) electrons. The molecule has 0 unspecified atom stereocenters. The molecule has 0 saturated carbocycles. The van der Waals surface area contributed by atoms with Crippen LogP contribution in [0.25, 0.3) is 6.08 Å². The predicted molar refractivity (Wildman–Crippen MR) is 91.2 cm³/mol. The van der Waals surface area contributed by atoms with E-state index in [9.17, 15) is 19.5 Å². The van der Waals surface area contributed by atoms with Gasteiger partial charge in [0, 0.05) is 14.1 Å². The Morgan fingerprint density at radius 2 is 1.72 bits per heavy atom. The molecule has 2 heterocycles. The zero-order valence-corrected chi connectivity index (χ0v) is 14.3. The highest BCUT2D eigenvalue weighted by atomic mass is 16.3. The van der Waals surface area contributed by atoms with Crippen LogP contribution in [0, 0.1) is 6.92 Å². The van der Waals surface area contributed by atoms with Crippen molar-refractivity contribution in [1.29, 1.82) is 0 Å². The fraction of sp³-hybridized carbons (Fsp3) is 0.235. The molecule has 1 aromatic rings. The molecule has 0 atom stereocenters. The van der Waals surface area contributed by atoms with Gasteiger partial charge in [-0.1, -0.05) is 18.2 Å². The molecule has 2 rings (SSSR count). The van der Waals surface area contributed by atoms with E-state index in [0.29, 0.717) is 22.5 Å². The predicted octanol–water partition coefficient (Wildman–Crippen LogP) is 0.711. The fourth-order valence-electron chi connectivity index (χ4n) is 2.15. The van der Waals surface area contributed by atoms with Gasteiger partial charge in [-0.3, -0.25) is 19.5 Å². The van der Waals surface area contributed by atoms with Crippen LogP contribution in [0.3, 0.4) is 0 Å². The van der Waals surface area contributed by atoms with Gasteiger partial charge in [0.05, 0.1) is 28.6 Å². The maximum Gasteiger partial charge on any atom is 0.350 e. The highest BCUT2D eigenvalue weighted by molar-refractivity contribution is 6.28. The molecule has 0 fully saturated rings. The summed E-state index contributed by atoms with van der Waals surface area (Å²) in [6.45, 7) is 3.17. The van der Waals surface area contributed by atoms with Crippen LogP contribution in [0.5, 0.6) is 6.01 Å². The second-order valence-corrected chi connectivity index (χ2v) is 5.43. The van der Waals surface area contributed by atoms with E-state index in [1.54, 1.807) is 44.2 Å². The van der Waals surface area contributed by atoms with Gasteiger partial charge >= 0.3 is 6.03 Å². The van der Waals surface area contributed by atoms with Crippen LogP contribution in [0.2, 0.25) is 0 Å². The zero-order valence-electron chi connectivity index (χ0n) is 14.3. The molecular weight excluding hydrogens is 324 g/mol. The van der Waals surface area contributed by atoms with E-state index in [1.807, 2.05) is 0 Å². The van der Waals surface area contributed by atoms with Gasteiger partial charge in [0.25, 0.3) is 11.5 Å². The molecule has 1 aliphatic heterocycles. The number of allylic oxidation sites excluding steroid dienone is 4. The lowest BCUT2D eigenvalue weighted by atomic mass is 10.1. The second-order valence-electron chi connectivity index (χ2n) is 5.43. The van der Waals surface area contributed by atoms with Crippen LogP contribution in [-0.2, 0) is 11.8 Å². The molecule has 1 aliphatic rings. The summed E-state index contributed by atoms with van der Waals surface area (Å²) in [6, 6.07) is -1.19. The number of carbonyl (C=O) groups is 2. The Labute approximate surface area is 144 Å². The van der Waals surface area contributed by atoms with Crippen LogP contribution in [0.4, 0.5) is 4.79 Å². The molecule has 0 aromatic carbocycles. The summed E-state index contributed by atoms with van der Waals surface area (Å²) in [6.07, 6.45) is 7.90. The number of hydrogen-bond donors (Lipinski definition) is 0. The summed E-state index contributed by atoms with van der Waals surface area (Å²) in [5, 5.41) is 11.4. The molecule has 0 aliphatic carbocycles. The standard InChI is InChI=1S/C17H18N4O4/c1-10-12(14(22)20(3)16(24)18-10)8-6-5-7-9-13-11(2)19-17(25)21(4)15(13)23/h5-9H,1-4H3,(H,18,24)/p-1. The lowest BCUT2D eigenvalue weighted by Gasteiger charge is -2.19. The first-order valence-corrected chi connectivity index (χ1v) is 7.41. The van der Waals surface area contributed by atoms with Gasteiger partial charge in [-0.2, -0.15) is 4.99 Å². The molecule has 1 aromatic heterocycles. The molecule has 0 saturated heterocycles. The van der Waals surface area contributed by atoms with Gasteiger partial charge in [0.15, 0.2) is 0 Å². The van der Waals surface area contributed by atoms with Crippen molar-refractivity contribution in [1.82, 2.24) is 14.5 Å².